The highest BCUT2D eigenvalue weighted by Crippen LogP contribution is 2.37. The molecule has 0 amide bonds. The van der Waals surface area contributed by atoms with E-state index >= 15 is 0 Å². The fourth-order valence-corrected chi connectivity index (χ4v) is 1.91. The maximum Gasteiger partial charge on any atom is 0.450 e. The predicted molar refractivity (Wildman–Crippen MR) is 67.0 cm³/mol. The molecule has 0 saturated carbocycles. The first kappa shape index (κ1) is 14.1. The minimum atomic E-state index is -4.77. The van der Waals surface area contributed by atoms with Crippen LogP contribution in [0.1, 0.15) is 16.1 Å². The molecular formula is C12H5BrClF3O2. The number of hydrogen-bond donors (Lipinski definition) is 0. The molecule has 0 N–H and O–H groups in total. The molecule has 1 heterocycles. The van der Waals surface area contributed by atoms with Gasteiger partial charge < -0.3 is 4.42 Å². The van der Waals surface area contributed by atoms with E-state index in [-0.39, 0.29) is 5.76 Å². The van der Waals surface area contributed by atoms with Gasteiger partial charge in [0.15, 0.2) is 0 Å². The smallest absolute Gasteiger partial charge is 0.450 e. The molecule has 0 atom stereocenters. The SMILES string of the molecule is O=C(Cl)c1cc(-c2ccc(Br)cc2)oc1C(F)(F)F. The molecule has 0 unspecified atom stereocenters. The van der Waals surface area contributed by atoms with Crippen molar-refractivity contribution in [2.75, 3.05) is 0 Å². The Bertz CT molecular complexity index is 617. The molecular weight excluding hydrogens is 348 g/mol. The lowest BCUT2D eigenvalue weighted by molar-refractivity contribution is -0.152. The standard InChI is InChI=1S/C12H5BrClF3O2/c13-7-3-1-6(2-4-7)9-5-8(11(14)18)10(19-9)12(15,16)17/h1-5H. The van der Waals surface area contributed by atoms with Crippen LogP contribution in [0.25, 0.3) is 11.3 Å². The highest BCUT2D eigenvalue weighted by Gasteiger charge is 2.40. The van der Waals surface area contributed by atoms with Gasteiger partial charge in [-0.2, -0.15) is 13.2 Å². The highest BCUT2D eigenvalue weighted by atomic mass is 79.9. The van der Waals surface area contributed by atoms with Crippen LogP contribution in [0.4, 0.5) is 13.2 Å². The monoisotopic (exact) mass is 352 g/mol. The van der Waals surface area contributed by atoms with Crippen LogP contribution in [0.15, 0.2) is 39.2 Å². The van der Waals surface area contributed by atoms with Crippen LogP contribution in [-0.4, -0.2) is 5.24 Å². The lowest BCUT2D eigenvalue weighted by atomic mass is 10.1. The number of furan rings is 1. The molecule has 1 aromatic heterocycles. The summed E-state index contributed by atoms with van der Waals surface area (Å²) < 4.78 is 43.6. The fraction of sp³-hybridized carbons (Fsp3) is 0.0833. The van der Waals surface area contributed by atoms with Gasteiger partial charge in [0.2, 0.25) is 5.76 Å². The van der Waals surface area contributed by atoms with Gasteiger partial charge in [-0.05, 0) is 29.8 Å². The summed E-state index contributed by atoms with van der Waals surface area (Å²) in [4.78, 5) is 11.0. The quantitative estimate of drug-likeness (QED) is 0.703. The van der Waals surface area contributed by atoms with Crippen molar-refractivity contribution in [3.63, 3.8) is 0 Å². The number of rotatable bonds is 2. The molecule has 0 aliphatic heterocycles. The second kappa shape index (κ2) is 5.02. The Morgan fingerprint density at radius 1 is 1.21 bits per heavy atom. The van der Waals surface area contributed by atoms with E-state index in [0.717, 1.165) is 10.5 Å². The summed E-state index contributed by atoms with van der Waals surface area (Å²) in [5.74, 6) is -1.45. The van der Waals surface area contributed by atoms with E-state index in [2.05, 4.69) is 15.9 Å². The minimum absolute atomic E-state index is 0.0659. The Morgan fingerprint density at radius 3 is 2.21 bits per heavy atom. The third kappa shape index (κ3) is 3.01. The van der Waals surface area contributed by atoms with Crippen LogP contribution in [0.2, 0.25) is 0 Å². The van der Waals surface area contributed by atoms with E-state index in [1.54, 1.807) is 24.3 Å². The lowest BCUT2D eigenvalue weighted by Gasteiger charge is -2.03. The average molecular weight is 354 g/mol. The minimum Gasteiger partial charge on any atom is -0.451 e. The lowest BCUT2D eigenvalue weighted by Crippen LogP contribution is -2.07. The molecule has 0 bridgehead atoms. The third-order valence-electron chi connectivity index (χ3n) is 2.33. The van der Waals surface area contributed by atoms with Crippen LogP contribution < -0.4 is 0 Å². The molecule has 0 saturated heterocycles. The first-order valence-electron chi connectivity index (χ1n) is 4.96. The molecule has 0 aliphatic carbocycles. The van der Waals surface area contributed by atoms with Crippen molar-refractivity contribution in [1.29, 1.82) is 0 Å². The molecule has 19 heavy (non-hydrogen) atoms. The van der Waals surface area contributed by atoms with Gasteiger partial charge in [-0.25, -0.2) is 0 Å². The van der Waals surface area contributed by atoms with Gasteiger partial charge in [0.1, 0.15) is 5.76 Å². The maximum atomic E-state index is 12.7. The number of alkyl halides is 3. The average Bonchev–Trinajstić information content (AvgIpc) is 2.74. The molecule has 0 radical (unpaired) electrons. The van der Waals surface area contributed by atoms with E-state index in [0.29, 0.717) is 5.56 Å². The first-order chi connectivity index (χ1) is 8.79. The van der Waals surface area contributed by atoms with E-state index in [4.69, 9.17) is 16.0 Å². The predicted octanol–water partition coefficient (Wildman–Crippen LogP) is 5.11. The third-order valence-corrected chi connectivity index (χ3v) is 3.06. The number of benzene rings is 1. The number of halogens is 5. The number of carbonyl (C=O) groups is 1. The first-order valence-corrected chi connectivity index (χ1v) is 6.13. The molecule has 0 spiro atoms. The van der Waals surface area contributed by atoms with Crippen molar-refractivity contribution >= 4 is 32.8 Å². The van der Waals surface area contributed by atoms with Crippen LogP contribution >= 0.6 is 27.5 Å². The van der Waals surface area contributed by atoms with E-state index in [9.17, 15) is 18.0 Å². The van der Waals surface area contributed by atoms with Gasteiger partial charge in [0, 0.05) is 10.0 Å². The van der Waals surface area contributed by atoms with Gasteiger partial charge in [0.05, 0.1) is 5.56 Å². The van der Waals surface area contributed by atoms with Crippen molar-refractivity contribution in [2.45, 2.75) is 6.18 Å². The van der Waals surface area contributed by atoms with Gasteiger partial charge in [-0.3, -0.25) is 4.79 Å². The van der Waals surface area contributed by atoms with Crippen LogP contribution in [0.5, 0.6) is 0 Å². The summed E-state index contributed by atoms with van der Waals surface area (Å²) in [5.41, 5.74) is -0.273. The van der Waals surface area contributed by atoms with E-state index in [1.807, 2.05) is 0 Å². The summed E-state index contributed by atoms with van der Waals surface area (Å²) >= 11 is 8.34. The van der Waals surface area contributed by atoms with E-state index < -0.39 is 22.7 Å². The summed E-state index contributed by atoms with van der Waals surface area (Å²) in [6, 6.07) is 7.40. The largest absolute Gasteiger partial charge is 0.451 e. The van der Waals surface area contributed by atoms with Gasteiger partial charge in [0.25, 0.3) is 5.24 Å². The van der Waals surface area contributed by atoms with Gasteiger partial charge in [-0.15, -0.1) is 0 Å². The summed E-state index contributed by atoms with van der Waals surface area (Å²) in [5, 5.41) is -1.21. The van der Waals surface area contributed by atoms with Gasteiger partial charge in [-0.1, -0.05) is 28.1 Å². The van der Waals surface area contributed by atoms with E-state index in [1.165, 1.54) is 0 Å². The van der Waals surface area contributed by atoms with Crippen molar-refractivity contribution < 1.29 is 22.4 Å². The van der Waals surface area contributed by atoms with Crippen molar-refractivity contribution in [1.82, 2.24) is 0 Å². The second-order valence-electron chi connectivity index (χ2n) is 3.63. The van der Waals surface area contributed by atoms with Gasteiger partial charge >= 0.3 is 6.18 Å². The molecule has 2 nitrogen and oxygen atoms in total. The van der Waals surface area contributed by atoms with Crippen LogP contribution in [-0.2, 0) is 6.18 Å². The zero-order valence-electron chi connectivity index (χ0n) is 9.09. The summed E-state index contributed by atoms with van der Waals surface area (Å²) in [7, 11) is 0. The Morgan fingerprint density at radius 2 is 1.79 bits per heavy atom. The highest BCUT2D eigenvalue weighted by molar-refractivity contribution is 9.10. The molecule has 0 fully saturated rings. The molecule has 2 rings (SSSR count). The Labute approximate surface area is 119 Å². The Kier molecular flexibility index (Phi) is 3.73. The van der Waals surface area contributed by atoms with Crippen LogP contribution in [0.3, 0.4) is 0 Å². The second-order valence-corrected chi connectivity index (χ2v) is 4.89. The maximum absolute atomic E-state index is 12.7. The normalized spacial score (nSPS) is 11.6. The van der Waals surface area contributed by atoms with Crippen molar-refractivity contribution in [3.8, 4) is 11.3 Å². The Balaban J connectivity index is 2.55. The zero-order valence-corrected chi connectivity index (χ0v) is 11.4. The number of hydrogen-bond acceptors (Lipinski definition) is 2. The Hall–Kier alpha value is -1.27. The zero-order chi connectivity index (χ0) is 14.2. The van der Waals surface area contributed by atoms with Crippen molar-refractivity contribution in [2.24, 2.45) is 0 Å². The van der Waals surface area contributed by atoms with Crippen molar-refractivity contribution in [3.05, 3.63) is 46.1 Å². The molecule has 100 valence electrons. The summed E-state index contributed by atoms with van der Waals surface area (Å²) in [6.45, 7) is 0. The fourth-order valence-electron chi connectivity index (χ4n) is 1.50. The molecule has 2 aromatic rings. The molecule has 0 aliphatic rings. The molecule has 1 aromatic carbocycles. The summed E-state index contributed by atoms with van der Waals surface area (Å²) in [6.07, 6.45) is -4.77. The number of carbonyl (C=O) groups excluding carboxylic acids is 1. The molecule has 7 heteroatoms. The van der Waals surface area contributed by atoms with Crippen LogP contribution in [0, 0.1) is 0 Å². The topological polar surface area (TPSA) is 30.2 Å².